The number of ether oxygens (including phenoxy) is 1. The molecule has 20 heavy (non-hydrogen) atoms. The number of benzene rings is 1. The van der Waals surface area contributed by atoms with Crippen LogP contribution in [0.4, 0.5) is 0 Å². The van der Waals surface area contributed by atoms with Crippen LogP contribution >= 0.6 is 0 Å². The van der Waals surface area contributed by atoms with Crippen molar-refractivity contribution in [2.45, 2.75) is 19.8 Å². The monoisotopic (exact) mass is 275 g/mol. The van der Waals surface area contributed by atoms with Crippen LogP contribution in [0, 0.1) is 6.92 Å². The van der Waals surface area contributed by atoms with Gasteiger partial charge in [-0.15, -0.1) is 0 Å². The highest BCUT2D eigenvalue weighted by Crippen LogP contribution is 2.11. The first-order valence-corrected chi connectivity index (χ1v) is 6.36. The van der Waals surface area contributed by atoms with Crippen molar-refractivity contribution in [2.75, 3.05) is 13.7 Å². The Labute approximate surface area is 117 Å². The fourth-order valence-electron chi connectivity index (χ4n) is 1.76. The van der Waals surface area contributed by atoms with Crippen molar-refractivity contribution in [2.24, 2.45) is 0 Å². The van der Waals surface area contributed by atoms with Gasteiger partial charge >= 0.3 is 0 Å². The fraction of sp³-hybridized carbons (Fsp3) is 0.357. The van der Waals surface area contributed by atoms with Gasteiger partial charge in [0, 0.05) is 13.5 Å². The van der Waals surface area contributed by atoms with Gasteiger partial charge in [0.05, 0.1) is 13.5 Å². The van der Waals surface area contributed by atoms with Crippen molar-refractivity contribution in [1.29, 1.82) is 0 Å². The van der Waals surface area contributed by atoms with Gasteiger partial charge in [-0.05, 0) is 24.1 Å². The summed E-state index contributed by atoms with van der Waals surface area (Å²) < 4.78 is 9.90. The molecule has 0 radical (unpaired) electrons. The molecule has 1 heterocycles. The van der Waals surface area contributed by atoms with Crippen molar-refractivity contribution in [1.82, 2.24) is 15.5 Å². The zero-order valence-corrected chi connectivity index (χ0v) is 11.5. The molecule has 1 amide bonds. The smallest absolute Gasteiger partial charge is 0.227 e. The van der Waals surface area contributed by atoms with Crippen LogP contribution < -0.4 is 10.1 Å². The molecule has 1 aromatic carbocycles. The van der Waals surface area contributed by atoms with Crippen LogP contribution in [-0.2, 0) is 17.6 Å². The van der Waals surface area contributed by atoms with E-state index in [4.69, 9.17) is 9.26 Å². The maximum atomic E-state index is 11.7. The van der Waals surface area contributed by atoms with E-state index in [1.807, 2.05) is 24.3 Å². The average Bonchev–Trinajstić information content (AvgIpc) is 2.85. The summed E-state index contributed by atoms with van der Waals surface area (Å²) in [4.78, 5) is 15.6. The Morgan fingerprint density at radius 2 is 2.10 bits per heavy atom. The number of amides is 1. The number of carbonyl (C=O) groups excluding carboxylic acids is 1. The highest BCUT2D eigenvalue weighted by molar-refractivity contribution is 5.77. The van der Waals surface area contributed by atoms with Crippen LogP contribution in [0.25, 0.3) is 0 Å². The van der Waals surface area contributed by atoms with Gasteiger partial charge in [-0.2, -0.15) is 4.98 Å². The summed E-state index contributed by atoms with van der Waals surface area (Å²) in [5.74, 6) is 1.58. The fourth-order valence-corrected chi connectivity index (χ4v) is 1.76. The number of aromatic nitrogens is 2. The maximum absolute atomic E-state index is 11.7. The zero-order chi connectivity index (χ0) is 14.4. The zero-order valence-electron chi connectivity index (χ0n) is 11.5. The maximum Gasteiger partial charge on any atom is 0.227 e. The number of rotatable bonds is 6. The number of nitrogens with zero attached hydrogens (tertiary/aromatic N) is 2. The molecule has 6 heteroatoms. The molecule has 0 bridgehead atoms. The van der Waals surface area contributed by atoms with Crippen LogP contribution in [0.2, 0.25) is 0 Å². The molecule has 1 aromatic heterocycles. The highest BCUT2D eigenvalue weighted by Gasteiger charge is 2.08. The summed E-state index contributed by atoms with van der Waals surface area (Å²) in [5.41, 5.74) is 1.14. The van der Waals surface area contributed by atoms with E-state index in [1.54, 1.807) is 14.0 Å². The summed E-state index contributed by atoms with van der Waals surface area (Å²) in [5, 5.41) is 6.51. The number of carbonyl (C=O) groups is 1. The van der Waals surface area contributed by atoms with Crippen molar-refractivity contribution < 1.29 is 14.1 Å². The van der Waals surface area contributed by atoms with Crippen LogP contribution in [-0.4, -0.2) is 29.7 Å². The van der Waals surface area contributed by atoms with Crippen molar-refractivity contribution >= 4 is 5.91 Å². The van der Waals surface area contributed by atoms with Crippen molar-refractivity contribution in [3.8, 4) is 5.75 Å². The van der Waals surface area contributed by atoms with E-state index in [2.05, 4.69) is 15.5 Å². The van der Waals surface area contributed by atoms with Crippen LogP contribution in [0.5, 0.6) is 5.75 Å². The predicted molar refractivity (Wildman–Crippen MR) is 72.4 cm³/mol. The summed E-state index contributed by atoms with van der Waals surface area (Å²) in [7, 11) is 1.63. The third-order valence-corrected chi connectivity index (χ3v) is 2.78. The molecule has 0 atom stereocenters. The first-order chi connectivity index (χ1) is 9.67. The van der Waals surface area contributed by atoms with Gasteiger partial charge in [-0.1, -0.05) is 17.3 Å². The van der Waals surface area contributed by atoms with E-state index in [1.165, 1.54) is 0 Å². The third-order valence-electron chi connectivity index (χ3n) is 2.78. The Morgan fingerprint density at radius 3 is 2.70 bits per heavy atom. The van der Waals surface area contributed by atoms with Gasteiger partial charge in [0.15, 0.2) is 5.82 Å². The molecule has 2 rings (SSSR count). The van der Waals surface area contributed by atoms with Crippen molar-refractivity contribution in [3.05, 3.63) is 41.5 Å². The number of hydrogen-bond donors (Lipinski definition) is 1. The van der Waals surface area contributed by atoms with E-state index in [0.29, 0.717) is 18.3 Å². The second kappa shape index (κ2) is 6.70. The Kier molecular flexibility index (Phi) is 4.70. The van der Waals surface area contributed by atoms with E-state index in [-0.39, 0.29) is 12.3 Å². The van der Waals surface area contributed by atoms with E-state index >= 15 is 0 Å². The van der Waals surface area contributed by atoms with Gasteiger partial charge in [-0.3, -0.25) is 4.79 Å². The number of methoxy groups -OCH3 is 1. The molecule has 6 nitrogen and oxygen atoms in total. The molecule has 2 aromatic rings. The normalized spacial score (nSPS) is 10.3. The molecule has 0 saturated carbocycles. The first-order valence-electron chi connectivity index (χ1n) is 6.36. The second-order valence-corrected chi connectivity index (χ2v) is 4.35. The van der Waals surface area contributed by atoms with Gasteiger partial charge in [0.2, 0.25) is 11.8 Å². The van der Waals surface area contributed by atoms with Crippen molar-refractivity contribution in [3.63, 3.8) is 0 Å². The molecule has 0 saturated heterocycles. The van der Waals surface area contributed by atoms with E-state index in [9.17, 15) is 4.79 Å². The van der Waals surface area contributed by atoms with Gasteiger partial charge < -0.3 is 14.6 Å². The minimum absolute atomic E-state index is 0.112. The Hall–Kier alpha value is -2.37. The molecule has 0 fully saturated rings. The van der Waals surface area contributed by atoms with E-state index < -0.39 is 0 Å². The SMILES string of the molecule is COc1ccc(CCNC(=O)Cc2noc(C)n2)cc1. The molecule has 0 aliphatic carbocycles. The molecular weight excluding hydrogens is 258 g/mol. The lowest BCUT2D eigenvalue weighted by Gasteiger charge is -2.05. The Morgan fingerprint density at radius 1 is 1.35 bits per heavy atom. The quantitative estimate of drug-likeness (QED) is 0.859. The van der Waals surface area contributed by atoms with Crippen LogP contribution in [0.3, 0.4) is 0 Å². The lowest BCUT2D eigenvalue weighted by Crippen LogP contribution is -2.27. The number of nitrogens with one attached hydrogen (secondary N) is 1. The lowest BCUT2D eigenvalue weighted by atomic mass is 10.1. The minimum atomic E-state index is -0.112. The van der Waals surface area contributed by atoms with Gasteiger partial charge in [-0.25, -0.2) is 0 Å². The predicted octanol–water partition coefficient (Wildman–Crippen LogP) is 1.29. The van der Waals surface area contributed by atoms with Crippen LogP contribution in [0.15, 0.2) is 28.8 Å². The summed E-state index contributed by atoms with van der Waals surface area (Å²) in [6.45, 7) is 2.26. The largest absolute Gasteiger partial charge is 0.497 e. The third kappa shape index (κ3) is 4.08. The average molecular weight is 275 g/mol. The molecule has 0 unspecified atom stereocenters. The standard InChI is InChI=1S/C14H17N3O3/c1-10-16-13(17-20-10)9-14(18)15-8-7-11-3-5-12(19-2)6-4-11/h3-6H,7-9H2,1-2H3,(H,15,18). The number of hydrogen-bond acceptors (Lipinski definition) is 5. The lowest BCUT2D eigenvalue weighted by molar-refractivity contribution is -0.120. The van der Waals surface area contributed by atoms with Gasteiger partial charge in [0.25, 0.3) is 0 Å². The Bertz CT molecular complexity index is 563. The summed E-state index contributed by atoms with van der Waals surface area (Å²) in [6, 6.07) is 7.76. The second-order valence-electron chi connectivity index (χ2n) is 4.35. The Balaban J connectivity index is 1.73. The topological polar surface area (TPSA) is 77.2 Å². The molecule has 0 aliphatic heterocycles. The summed E-state index contributed by atoms with van der Waals surface area (Å²) >= 11 is 0. The van der Waals surface area contributed by atoms with Crippen LogP contribution in [0.1, 0.15) is 17.3 Å². The molecule has 106 valence electrons. The molecule has 1 N–H and O–H groups in total. The molecule has 0 aliphatic rings. The highest BCUT2D eigenvalue weighted by atomic mass is 16.5. The minimum Gasteiger partial charge on any atom is -0.497 e. The molecule has 0 spiro atoms. The first kappa shape index (κ1) is 14.0. The van der Waals surface area contributed by atoms with E-state index in [0.717, 1.165) is 17.7 Å². The van der Waals surface area contributed by atoms with Gasteiger partial charge in [0.1, 0.15) is 5.75 Å². The summed E-state index contributed by atoms with van der Waals surface area (Å²) in [6.07, 6.45) is 0.904. The number of aryl methyl sites for hydroxylation is 1. The molecular formula is C14H17N3O3.